The minimum absolute atomic E-state index is 0.552. The van der Waals surface area contributed by atoms with Crippen LogP contribution in [0.4, 0.5) is 0 Å². The lowest BCUT2D eigenvalue weighted by Crippen LogP contribution is -2.07. The maximum absolute atomic E-state index is 3.98. The Bertz CT molecular complexity index is 134. The fourth-order valence-corrected chi connectivity index (χ4v) is 6.09. The summed E-state index contributed by atoms with van der Waals surface area (Å²) in [7, 11) is 0. The molecule has 0 aliphatic heterocycles. The molecule has 0 aliphatic rings. The zero-order valence-electron chi connectivity index (χ0n) is 11.8. The lowest BCUT2D eigenvalue weighted by atomic mass is 10.0. The molecule has 96 valence electrons. The number of rotatable bonds is 10. The number of halogens is 1. The number of hydrogen-bond donors (Lipinski definition) is 0. The van der Waals surface area contributed by atoms with E-state index >= 15 is 0 Å². The summed E-state index contributed by atoms with van der Waals surface area (Å²) in [5.41, 5.74) is 0. The summed E-state index contributed by atoms with van der Waals surface area (Å²) in [5, 5.41) is 3.00. The van der Waals surface area contributed by atoms with Crippen molar-refractivity contribution in [2.75, 3.05) is 0 Å². The lowest BCUT2D eigenvalue weighted by molar-refractivity contribution is 0.500. The van der Waals surface area contributed by atoms with E-state index in [0.717, 1.165) is 11.8 Å². The summed E-state index contributed by atoms with van der Waals surface area (Å²) >= 11 is 3.42. The van der Waals surface area contributed by atoms with E-state index in [-0.39, 0.29) is 0 Å². The molecule has 0 saturated heterocycles. The van der Waals surface area contributed by atoms with Crippen LogP contribution in [-0.4, -0.2) is 12.3 Å². The van der Waals surface area contributed by atoms with Crippen molar-refractivity contribution in [1.29, 1.82) is 0 Å². The highest BCUT2D eigenvalue weighted by Gasteiger charge is 2.16. The van der Waals surface area contributed by atoms with Gasteiger partial charge in [0.2, 0.25) is 0 Å². The largest absolute Gasteiger partial charge is 0.365 e. The summed E-state index contributed by atoms with van der Waals surface area (Å²) in [5.74, 6) is 1.90. The Morgan fingerprint density at radius 1 is 0.812 bits per heavy atom. The highest BCUT2D eigenvalue weighted by atomic mass is 79.9. The number of hydrogen-bond acceptors (Lipinski definition) is 0. The van der Waals surface area contributed by atoms with Gasteiger partial charge in [-0.15, -0.1) is 0 Å². The molecule has 0 aromatic heterocycles. The van der Waals surface area contributed by atoms with E-state index in [2.05, 4.69) is 41.7 Å². The second-order valence-electron chi connectivity index (χ2n) is 5.54. The van der Waals surface area contributed by atoms with Gasteiger partial charge < -0.3 is 0 Å². The Balaban J connectivity index is 3.46. The van der Waals surface area contributed by atoms with Gasteiger partial charge in [-0.05, 0) is 11.8 Å². The molecular formula is C14H30AlBr. The fraction of sp³-hybridized carbons (Fsp3) is 1.00. The van der Waals surface area contributed by atoms with Crippen molar-refractivity contribution >= 4 is 26.4 Å². The van der Waals surface area contributed by atoms with Crippen molar-refractivity contribution in [3.8, 4) is 0 Å². The first-order chi connectivity index (χ1) is 7.60. The Kier molecular flexibility index (Phi) is 11.8. The molecule has 0 nitrogen and oxygen atoms in total. The molecule has 0 N–H and O–H groups in total. The molecule has 0 bridgehead atoms. The van der Waals surface area contributed by atoms with E-state index in [4.69, 9.17) is 0 Å². The second kappa shape index (κ2) is 11.1. The van der Waals surface area contributed by atoms with Crippen LogP contribution in [0.25, 0.3) is 0 Å². The molecule has 0 saturated carbocycles. The van der Waals surface area contributed by atoms with Crippen LogP contribution in [-0.2, 0) is 0 Å². The molecule has 0 spiro atoms. The second-order valence-corrected chi connectivity index (χ2v) is 11.8. The van der Waals surface area contributed by atoms with Gasteiger partial charge in [0.05, 0.1) is 0 Å². The molecule has 0 aliphatic carbocycles. The SMILES string of the molecule is CCCC(C)C[CH2][Al]([Br])[CH2]CC(C)CCC. The summed E-state index contributed by atoms with van der Waals surface area (Å²) in [6.45, 7) is 9.42. The van der Waals surface area contributed by atoms with E-state index in [9.17, 15) is 0 Å². The van der Waals surface area contributed by atoms with Crippen LogP contribution in [0.15, 0.2) is 0 Å². The minimum Gasteiger partial charge on any atom is -0.217 e. The highest BCUT2D eigenvalue weighted by molar-refractivity contribution is 9.24. The molecule has 2 heteroatoms. The van der Waals surface area contributed by atoms with E-state index in [1.165, 1.54) is 49.1 Å². The normalized spacial score (nSPS) is 14.8. The van der Waals surface area contributed by atoms with Gasteiger partial charge in [-0.25, -0.2) is 14.1 Å². The van der Waals surface area contributed by atoms with E-state index in [1.54, 1.807) is 0 Å². The van der Waals surface area contributed by atoms with E-state index in [1.807, 2.05) is 0 Å². The van der Waals surface area contributed by atoms with Crippen molar-refractivity contribution in [2.24, 2.45) is 11.8 Å². The summed E-state index contributed by atoms with van der Waals surface area (Å²) in [4.78, 5) is 0. The van der Waals surface area contributed by atoms with Crippen molar-refractivity contribution in [3.05, 3.63) is 0 Å². The van der Waals surface area contributed by atoms with Crippen molar-refractivity contribution in [1.82, 2.24) is 0 Å². The Morgan fingerprint density at radius 2 is 1.19 bits per heavy atom. The van der Waals surface area contributed by atoms with Gasteiger partial charge in [0.25, 0.3) is 0 Å². The average Bonchev–Trinajstić information content (AvgIpc) is 2.24. The van der Waals surface area contributed by atoms with Gasteiger partial charge >= 0.3 is 12.3 Å². The van der Waals surface area contributed by atoms with Crippen molar-refractivity contribution in [2.45, 2.75) is 76.8 Å². The molecule has 0 amide bonds. The smallest absolute Gasteiger partial charge is 0.217 e. The summed E-state index contributed by atoms with van der Waals surface area (Å²) in [6, 6.07) is 0. The van der Waals surface area contributed by atoms with Crippen LogP contribution in [0.3, 0.4) is 0 Å². The standard InChI is InChI=1S/2C7H15.Al.BrH/c2*1-4-6-7(3)5-2;;/h2*7H,2,4-6H2,1,3H3;;1H/q;;+1;/p-1. The average molecular weight is 305 g/mol. The Morgan fingerprint density at radius 3 is 1.50 bits per heavy atom. The Labute approximate surface area is 115 Å². The van der Waals surface area contributed by atoms with Gasteiger partial charge in [0, 0.05) is 0 Å². The van der Waals surface area contributed by atoms with Crippen LogP contribution >= 0.6 is 14.1 Å². The van der Waals surface area contributed by atoms with Crippen molar-refractivity contribution in [3.63, 3.8) is 0 Å². The monoisotopic (exact) mass is 304 g/mol. The molecule has 0 aromatic carbocycles. The zero-order valence-corrected chi connectivity index (χ0v) is 14.5. The summed E-state index contributed by atoms with van der Waals surface area (Å²) < 4.78 is 0. The van der Waals surface area contributed by atoms with Gasteiger partial charge in [0.15, 0.2) is 0 Å². The highest BCUT2D eigenvalue weighted by Crippen LogP contribution is 2.22. The molecule has 0 aromatic rings. The van der Waals surface area contributed by atoms with E-state index in [0.29, 0.717) is 0 Å². The lowest BCUT2D eigenvalue weighted by Gasteiger charge is -2.13. The van der Waals surface area contributed by atoms with Gasteiger partial charge in [-0.1, -0.05) is 76.8 Å². The first-order valence-corrected chi connectivity index (χ1v) is 12.1. The van der Waals surface area contributed by atoms with Crippen LogP contribution in [0.5, 0.6) is 0 Å². The van der Waals surface area contributed by atoms with Crippen LogP contribution < -0.4 is 0 Å². The molecule has 2 atom stereocenters. The molecule has 16 heavy (non-hydrogen) atoms. The third-order valence-electron chi connectivity index (χ3n) is 3.51. The summed E-state index contributed by atoms with van der Waals surface area (Å²) in [6.07, 6.45) is 8.45. The quantitative estimate of drug-likeness (QED) is 0.433. The predicted octanol–water partition coefficient (Wildman–Crippen LogP) is 6.03. The minimum atomic E-state index is -0.552. The third-order valence-corrected chi connectivity index (χ3v) is 8.17. The van der Waals surface area contributed by atoms with Crippen LogP contribution in [0.2, 0.25) is 10.6 Å². The van der Waals surface area contributed by atoms with Gasteiger partial charge in [-0.2, -0.15) is 0 Å². The fourth-order valence-electron chi connectivity index (χ4n) is 2.35. The first kappa shape index (κ1) is 17.0. The van der Waals surface area contributed by atoms with Crippen LogP contribution in [0, 0.1) is 11.8 Å². The molecular weight excluding hydrogens is 275 g/mol. The van der Waals surface area contributed by atoms with Gasteiger partial charge in [-0.3, -0.25) is 0 Å². The third kappa shape index (κ3) is 10.2. The molecule has 0 rings (SSSR count). The maximum atomic E-state index is 3.98. The predicted molar refractivity (Wildman–Crippen MR) is 81.7 cm³/mol. The van der Waals surface area contributed by atoms with E-state index < -0.39 is 12.3 Å². The zero-order chi connectivity index (χ0) is 12.4. The molecule has 0 fully saturated rings. The molecule has 0 heterocycles. The Hall–Kier alpha value is 1.01. The molecule has 0 radical (unpaired) electrons. The topological polar surface area (TPSA) is 0 Å². The molecule has 2 unspecified atom stereocenters. The maximum Gasteiger partial charge on any atom is 0.365 e. The van der Waals surface area contributed by atoms with Crippen LogP contribution in [0.1, 0.15) is 66.2 Å². The first-order valence-electron chi connectivity index (χ1n) is 7.24. The van der Waals surface area contributed by atoms with Crippen molar-refractivity contribution < 1.29 is 0 Å². The van der Waals surface area contributed by atoms with Gasteiger partial charge in [0.1, 0.15) is 0 Å².